The van der Waals surface area contributed by atoms with Crippen molar-refractivity contribution in [1.29, 1.82) is 0 Å². The van der Waals surface area contributed by atoms with E-state index >= 15 is 0 Å². The molecule has 8 nitrogen and oxygen atoms in total. The molecule has 1 aliphatic heterocycles. The molecule has 0 radical (unpaired) electrons. The van der Waals surface area contributed by atoms with Gasteiger partial charge in [0.05, 0.1) is 6.54 Å². The van der Waals surface area contributed by atoms with Crippen molar-refractivity contribution in [3.05, 3.63) is 0 Å². The van der Waals surface area contributed by atoms with Crippen LogP contribution < -0.4 is 0 Å². The Bertz CT molecular complexity index is 492. The van der Waals surface area contributed by atoms with Crippen LogP contribution in [-0.2, 0) is 14.3 Å². The number of rotatable bonds is 2. The molecule has 0 saturated carbocycles. The van der Waals surface area contributed by atoms with E-state index < -0.39 is 41.8 Å². The molecule has 1 rings (SSSR count). The van der Waals surface area contributed by atoms with Crippen LogP contribution in [0.1, 0.15) is 41.5 Å². The normalized spacial score (nSPS) is 19.0. The van der Waals surface area contributed by atoms with Crippen molar-refractivity contribution in [2.24, 2.45) is 0 Å². The van der Waals surface area contributed by atoms with E-state index in [1.807, 2.05) is 0 Å². The lowest BCUT2D eigenvalue weighted by Crippen LogP contribution is -2.60. The van der Waals surface area contributed by atoms with Crippen molar-refractivity contribution in [2.45, 2.75) is 58.8 Å². The Morgan fingerprint density at radius 1 is 0.958 bits per heavy atom. The third kappa shape index (κ3) is 5.99. The first-order valence-corrected chi connectivity index (χ1v) is 7.95. The number of hydrogen-bond donors (Lipinski definition) is 1. The van der Waals surface area contributed by atoms with Crippen molar-refractivity contribution >= 4 is 18.0 Å². The van der Waals surface area contributed by atoms with E-state index in [9.17, 15) is 14.4 Å². The van der Waals surface area contributed by atoms with Crippen LogP contribution in [0.3, 0.4) is 0 Å². The molecule has 1 aliphatic rings. The monoisotopic (exact) mass is 344 g/mol. The van der Waals surface area contributed by atoms with Crippen molar-refractivity contribution in [1.82, 2.24) is 9.80 Å². The van der Waals surface area contributed by atoms with Crippen LogP contribution in [0, 0.1) is 0 Å². The largest absolute Gasteiger partial charge is 0.444 e. The number of aliphatic hydroxyl groups is 1. The molecule has 0 aromatic rings. The molecule has 0 bridgehead atoms. The number of Topliss-reactive ketones (excluding diaryl/α,β-unsaturated/α-hetero) is 1. The molecule has 1 heterocycles. The highest BCUT2D eigenvalue weighted by molar-refractivity contribution is 5.89. The number of hydrogen-bond acceptors (Lipinski definition) is 6. The Morgan fingerprint density at radius 3 is 1.92 bits per heavy atom. The summed E-state index contributed by atoms with van der Waals surface area (Å²) in [4.78, 5) is 39.1. The number of amides is 2. The molecule has 0 aromatic carbocycles. The van der Waals surface area contributed by atoms with Crippen molar-refractivity contribution in [3.63, 3.8) is 0 Å². The van der Waals surface area contributed by atoms with E-state index in [4.69, 9.17) is 14.6 Å². The minimum absolute atomic E-state index is 0.0342. The van der Waals surface area contributed by atoms with Gasteiger partial charge in [0, 0.05) is 13.1 Å². The lowest BCUT2D eigenvalue weighted by molar-refractivity contribution is -0.129. The van der Waals surface area contributed by atoms with Gasteiger partial charge in [0.25, 0.3) is 0 Å². The van der Waals surface area contributed by atoms with E-state index in [1.165, 1.54) is 9.80 Å². The van der Waals surface area contributed by atoms with Gasteiger partial charge in [0.2, 0.25) is 0 Å². The summed E-state index contributed by atoms with van der Waals surface area (Å²) in [5.74, 6) is -0.547. The molecular weight excluding hydrogens is 316 g/mol. The topological polar surface area (TPSA) is 96.4 Å². The van der Waals surface area contributed by atoms with Crippen LogP contribution in [0.2, 0.25) is 0 Å². The van der Waals surface area contributed by atoms with E-state index in [1.54, 1.807) is 41.5 Å². The summed E-state index contributed by atoms with van der Waals surface area (Å²) < 4.78 is 10.6. The predicted molar refractivity (Wildman–Crippen MR) is 86.6 cm³/mol. The highest BCUT2D eigenvalue weighted by atomic mass is 16.6. The Morgan fingerprint density at radius 2 is 1.46 bits per heavy atom. The fraction of sp³-hybridized carbons (Fsp3) is 0.812. The van der Waals surface area contributed by atoms with E-state index in [2.05, 4.69) is 0 Å². The Balaban J connectivity index is 2.87. The molecule has 2 amide bonds. The first kappa shape index (κ1) is 20.2. The maximum atomic E-state index is 12.3. The molecule has 24 heavy (non-hydrogen) atoms. The minimum Gasteiger partial charge on any atom is -0.444 e. The third-order valence-corrected chi connectivity index (χ3v) is 3.19. The zero-order chi connectivity index (χ0) is 18.7. The van der Waals surface area contributed by atoms with Gasteiger partial charge < -0.3 is 19.5 Å². The van der Waals surface area contributed by atoms with Crippen molar-refractivity contribution in [3.8, 4) is 0 Å². The van der Waals surface area contributed by atoms with Gasteiger partial charge in [-0.25, -0.2) is 9.59 Å². The quantitative estimate of drug-likeness (QED) is 0.813. The highest BCUT2D eigenvalue weighted by Crippen LogP contribution is 2.18. The summed E-state index contributed by atoms with van der Waals surface area (Å²) in [5, 5.41) is 9.17. The van der Waals surface area contributed by atoms with Gasteiger partial charge in [0.15, 0.2) is 5.78 Å². The van der Waals surface area contributed by atoms with E-state index in [-0.39, 0.29) is 19.6 Å². The first-order valence-electron chi connectivity index (χ1n) is 7.95. The van der Waals surface area contributed by atoms with Crippen molar-refractivity contribution in [2.75, 3.05) is 26.2 Å². The van der Waals surface area contributed by atoms with Crippen LogP contribution in [0.15, 0.2) is 0 Å². The van der Waals surface area contributed by atoms with Crippen LogP contribution in [-0.4, -0.2) is 76.4 Å². The SMILES string of the molecule is CC(C)(C)OC(=O)N1CCN(C(=O)OC(C)(C)C)[C@@H](C(=O)CO)C1. The summed E-state index contributed by atoms with van der Waals surface area (Å²) >= 11 is 0. The molecule has 0 spiro atoms. The predicted octanol–water partition coefficient (Wildman–Crippen LogP) is 1.40. The summed E-state index contributed by atoms with van der Waals surface area (Å²) in [5.41, 5.74) is -1.36. The zero-order valence-electron chi connectivity index (χ0n) is 15.3. The molecule has 0 aromatic heterocycles. The standard InChI is InChI=1S/C16H28N2O6/c1-15(2,3)23-13(21)17-7-8-18(11(9-17)12(20)10-19)14(22)24-16(4,5)6/h11,19H,7-10H2,1-6H3/t11-/m1/s1. The molecular formula is C16H28N2O6. The van der Waals surface area contributed by atoms with Gasteiger partial charge in [-0.05, 0) is 41.5 Å². The average Bonchev–Trinajstić information content (AvgIpc) is 2.42. The van der Waals surface area contributed by atoms with Crippen LogP contribution in [0.25, 0.3) is 0 Å². The van der Waals surface area contributed by atoms with Crippen molar-refractivity contribution < 1.29 is 29.0 Å². The first-order chi connectivity index (χ1) is 10.8. The molecule has 1 N–H and O–H groups in total. The number of ketones is 1. The van der Waals surface area contributed by atoms with Gasteiger partial charge >= 0.3 is 12.2 Å². The molecule has 0 unspecified atom stereocenters. The third-order valence-electron chi connectivity index (χ3n) is 3.19. The molecule has 1 fully saturated rings. The average molecular weight is 344 g/mol. The number of nitrogens with zero attached hydrogens (tertiary/aromatic N) is 2. The fourth-order valence-corrected chi connectivity index (χ4v) is 2.20. The summed E-state index contributed by atoms with van der Waals surface area (Å²) in [7, 11) is 0. The Labute approximate surface area is 142 Å². The number of carbonyl (C=O) groups is 3. The maximum Gasteiger partial charge on any atom is 0.411 e. The second kappa shape index (κ2) is 7.38. The van der Waals surface area contributed by atoms with Crippen LogP contribution in [0.5, 0.6) is 0 Å². The van der Waals surface area contributed by atoms with Gasteiger partial charge in [-0.2, -0.15) is 0 Å². The second-order valence-corrected chi connectivity index (χ2v) is 7.74. The fourth-order valence-electron chi connectivity index (χ4n) is 2.20. The highest BCUT2D eigenvalue weighted by Gasteiger charge is 2.39. The van der Waals surface area contributed by atoms with E-state index in [0.29, 0.717) is 0 Å². The van der Waals surface area contributed by atoms with Gasteiger partial charge in [-0.3, -0.25) is 9.69 Å². The maximum absolute atomic E-state index is 12.3. The summed E-state index contributed by atoms with van der Waals surface area (Å²) in [6.45, 7) is 10.0. The lowest BCUT2D eigenvalue weighted by Gasteiger charge is -2.40. The second-order valence-electron chi connectivity index (χ2n) is 7.74. The van der Waals surface area contributed by atoms with Crippen LogP contribution >= 0.6 is 0 Å². The minimum atomic E-state index is -0.953. The lowest BCUT2D eigenvalue weighted by atomic mass is 10.1. The van der Waals surface area contributed by atoms with E-state index in [0.717, 1.165) is 0 Å². The number of carbonyl (C=O) groups excluding carboxylic acids is 3. The Hall–Kier alpha value is -1.83. The molecule has 1 atom stereocenters. The molecule has 0 aliphatic carbocycles. The number of ether oxygens (including phenoxy) is 2. The van der Waals surface area contributed by atoms with Gasteiger partial charge in [-0.1, -0.05) is 0 Å². The number of piperazine rings is 1. The van der Waals surface area contributed by atoms with Gasteiger partial charge in [0.1, 0.15) is 23.9 Å². The Kier molecular flexibility index (Phi) is 6.21. The molecule has 138 valence electrons. The summed E-state index contributed by atoms with van der Waals surface area (Å²) in [6.07, 6.45) is -1.19. The zero-order valence-corrected chi connectivity index (χ0v) is 15.3. The number of aliphatic hydroxyl groups excluding tert-OH is 1. The molecule has 8 heteroatoms. The molecule has 1 saturated heterocycles. The smallest absolute Gasteiger partial charge is 0.411 e. The van der Waals surface area contributed by atoms with Crippen LogP contribution in [0.4, 0.5) is 9.59 Å². The summed E-state index contributed by atoms with van der Waals surface area (Å²) in [6, 6.07) is -0.953. The van der Waals surface area contributed by atoms with Gasteiger partial charge in [-0.15, -0.1) is 0 Å².